The molecule has 160 valence electrons. The Bertz CT molecular complexity index is 1170. The van der Waals surface area contributed by atoms with E-state index in [0.717, 1.165) is 28.4 Å². The first kappa shape index (κ1) is 21.7. The third kappa shape index (κ3) is 5.57. The van der Waals surface area contributed by atoms with E-state index in [9.17, 15) is 4.79 Å². The van der Waals surface area contributed by atoms with E-state index in [1.54, 1.807) is 18.3 Å². The van der Waals surface area contributed by atoms with Crippen molar-refractivity contribution in [3.8, 4) is 11.3 Å². The molecule has 0 saturated carbocycles. The van der Waals surface area contributed by atoms with Crippen LogP contribution in [0.1, 0.15) is 36.0 Å². The van der Waals surface area contributed by atoms with Crippen LogP contribution in [0.25, 0.3) is 11.3 Å². The van der Waals surface area contributed by atoms with Gasteiger partial charge in [0.15, 0.2) is 5.13 Å². The molecule has 4 aromatic rings. The van der Waals surface area contributed by atoms with Crippen molar-refractivity contribution >= 4 is 45.5 Å². The van der Waals surface area contributed by atoms with Gasteiger partial charge in [-0.15, -0.1) is 32.9 Å². The average molecular weight is 472 g/mol. The first-order valence-corrected chi connectivity index (χ1v) is 12.4. The van der Waals surface area contributed by atoms with E-state index < -0.39 is 5.25 Å². The SMILES string of the molecule is CCc1ccc(-c2csc(NC(=O)C(C)Sc3nnc(Cc4csc(C)n4)o3)n2)cc1. The predicted octanol–water partition coefficient (Wildman–Crippen LogP) is 5.23. The summed E-state index contributed by atoms with van der Waals surface area (Å²) in [6.45, 7) is 5.88. The molecular weight excluding hydrogens is 450 g/mol. The molecule has 1 amide bonds. The Kier molecular flexibility index (Phi) is 6.79. The summed E-state index contributed by atoms with van der Waals surface area (Å²) in [7, 11) is 0. The van der Waals surface area contributed by atoms with Gasteiger partial charge in [-0.1, -0.05) is 43.0 Å². The molecule has 0 radical (unpaired) electrons. The molecule has 0 bridgehead atoms. The highest BCUT2D eigenvalue weighted by Crippen LogP contribution is 2.27. The summed E-state index contributed by atoms with van der Waals surface area (Å²) in [4.78, 5) is 21.5. The summed E-state index contributed by atoms with van der Waals surface area (Å²) in [5.41, 5.74) is 4.06. The fourth-order valence-corrected chi connectivity index (χ4v) is 4.82. The van der Waals surface area contributed by atoms with Crippen LogP contribution in [0.2, 0.25) is 0 Å². The minimum Gasteiger partial charge on any atom is -0.416 e. The van der Waals surface area contributed by atoms with Crippen molar-refractivity contribution < 1.29 is 9.21 Å². The van der Waals surface area contributed by atoms with Gasteiger partial charge in [0.1, 0.15) is 0 Å². The highest BCUT2D eigenvalue weighted by atomic mass is 32.2. The largest absolute Gasteiger partial charge is 0.416 e. The van der Waals surface area contributed by atoms with Crippen molar-refractivity contribution in [2.75, 3.05) is 5.32 Å². The number of amides is 1. The van der Waals surface area contributed by atoms with Gasteiger partial charge in [0.2, 0.25) is 11.8 Å². The van der Waals surface area contributed by atoms with Crippen LogP contribution in [0.4, 0.5) is 5.13 Å². The van der Waals surface area contributed by atoms with Crippen molar-refractivity contribution in [1.29, 1.82) is 0 Å². The summed E-state index contributed by atoms with van der Waals surface area (Å²) >= 11 is 4.21. The third-order valence-corrected chi connectivity index (χ3v) is 7.00. The monoisotopic (exact) mass is 471 g/mol. The Hall–Kier alpha value is -2.56. The number of hydrogen-bond acceptors (Lipinski definition) is 9. The molecular formula is C21H21N5O2S3. The Labute approximate surface area is 192 Å². The highest BCUT2D eigenvalue weighted by Gasteiger charge is 2.20. The second kappa shape index (κ2) is 9.71. The second-order valence-electron chi connectivity index (χ2n) is 6.83. The quantitative estimate of drug-likeness (QED) is 0.352. The van der Waals surface area contributed by atoms with Crippen LogP contribution in [-0.4, -0.2) is 31.3 Å². The van der Waals surface area contributed by atoms with Gasteiger partial charge in [-0.05, 0) is 25.8 Å². The van der Waals surface area contributed by atoms with E-state index in [4.69, 9.17) is 4.42 Å². The Morgan fingerprint density at radius 3 is 2.68 bits per heavy atom. The van der Waals surface area contributed by atoms with Crippen LogP contribution < -0.4 is 5.32 Å². The van der Waals surface area contributed by atoms with Gasteiger partial charge in [-0.3, -0.25) is 4.79 Å². The zero-order valence-electron chi connectivity index (χ0n) is 17.3. The van der Waals surface area contributed by atoms with E-state index in [1.807, 2.05) is 17.7 Å². The lowest BCUT2D eigenvalue weighted by Crippen LogP contribution is -2.22. The average Bonchev–Trinajstić information content (AvgIpc) is 3.50. The van der Waals surface area contributed by atoms with Crippen molar-refractivity contribution in [1.82, 2.24) is 20.2 Å². The molecule has 3 aromatic heterocycles. The van der Waals surface area contributed by atoms with Crippen molar-refractivity contribution in [3.05, 3.63) is 57.2 Å². The first-order valence-electron chi connectivity index (χ1n) is 9.76. The Morgan fingerprint density at radius 1 is 1.16 bits per heavy atom. The van der Waals surface area contributed by atoms with E-state index in [-0.39, 0.29) is 5.91 Å². The number of aryl methyl sites for hydroxylation is 2. The number of thiazole rings is 2. The van der Waals surface area contributed by atoms with Crippen LogP contribution in [-0.2, 0) is 17.6 Å². The molecule has 0 aliphatic heterocycles. The van der Waals surface area contributed by atoms with Gasteiger partial charge < -0.3 is 9.73 Å². The van der Waals surface area contributed by atoms with E-state index in [0.29, 0.717) is 22.7 Å². The molecule has 1 N–H and O–H groups in total. The van der Waals surface area contributed by atoms with Crippen molar-refractivity contribution in [2.45, 2.75) is 44.1 Å². The smallest absolute Gasteiger partial charge is 0.277 e. The third-order valence-electron chi connectivity index (χ3n) is 4.49. The standard InChI is InChI=1S/C21H21N5O2S3/c1-4-14-5-7-15(8-6-14)17-11-30-20(23-17)24-19(27)12(2)31-21-26-25-18(28-21)9-16-10-29-13(3)22-16/h5-8,10-12H,4,9H2,1-3H3,(H,23,24,27). The van der Waals surface area contributed by atoms with Gasteiger partial charge in [-0.25, -0.2) is 9.97 Å². The number of nitrogens with zero attached hydrogens (tertiary/aromatic N) is 4. The number of thioether (sulfide) groups is 1. The number of nitrogens with one attached hydrogen (secondary N) is 1. The van der Waals surface area contributed by atoms with E-state index in [2.05, 4.69) is 56.7 Å². The predicted molar refractivity (Wildman–Crippen MR) is 125 cm³/mol. The molecule has 7 nitrogen and oxygen atoms in total. The molecule has 0 fully saturated rings. The van der Waals surface area contributed by atoms with Crippen molar-refractivity contribution in [3.63, 3.8) is 0 Å². The lowest BCUT2D eigenvalue weighted by molar-refractivity contribution is -0.115. The van der Waals surface area contributed by atoms with E-state index in [1.165, 1.54) is 28.7 Å². The van der Waals surface area contributed by atoms with Gasteiger partial charge >= 0.3 is 0 Å². The number of hydrogen-bond donors (Lipinski definition) is 1. The molecule has 0 spiro atoms. The fraction of sp³-hybridized carbons (Fsp3) is 0.286. The van der Waals surface area contributed by atoms with Crippen LogP contribution in [0.3, 0.4) is 0 Å². The minimum atomic E-state index is -0.411. The van der Waals surface area contributed by atoms with Gasteiger partial charge in [0.25, 0.3) is 5.22 Å². The summed E-state index contributed by atoms with van der Waals surface area (Å²) in [5, 5.41) is 16.4. The zero-order chi connectivity index (χ0) is 21.8. The molecule has 4 rings (SSSR count). The summed E-state index contributed by atoms with van der Waals surface area (Å²) in [6, 6.07) is 8.30. The molecule has 1 atom stereocenters. The number of rotatable bonds is 8. The molecule has 3 heterocycles. The summed E-state index contributed by atoms with van der Waals surface area (Å²) < 4.78 is 5.66. The van der Waals surface area contributed by atoms with Crippen LogP contribution in [0, 0.1) is 6.92 Å². The van der Waals surface area contributed by atoms with Crippen molar-refractivity contribution in [2.24, 2.45) is 0 Å². The summed E-state index contributed by atoms with van der Waals surface area (Å²) in [6.07, 6.45) is 1.49. The maximum atomic E-state index is 12.6. The second-order valence-corrected chi connectivity index (χ2v) is 10.0. The Balaban J connectivity index is 1.33. The lowest BCUT2D eigenvalue weighted by Gasteiger charge is -2.07. The first-order chi connectivity index (χ1) is 15.0. The molecule has 1 aromatic carbocycles. The minimum absolute atomic E-state index is 0.165. The topological polar surface area (TPSA) is 93.8 Å². The van der Waals surface area contributed by atoms with Crippen LogP contribution in [0.5, 0.6) is 0 Å². The molecule has 1 unspecified atom stereocenters. The number of anilines is 1. The maximum absolute atomic E-state index is 12.6. The zero-order valence-corrected chi connectivity index (χ0v) is 19.7. The van der Waals surface area contributed by atoms with Gasteiger partial charge in [0.05, 0.1) is 28.1 Å². The molecule has 31 heavy (non-hydrogen) atoms. The number of aromatic nitrogens is 4. The normalized spacial score (nSPS) is 12.1. The maximum Gasteiger partial charge on any atom is 0.277 e. The number of benzene rings is 1. The highest BCUT2D eigenvalue weighted by molar-refractivity contribution is 8.00. The molecule has 0 aliphatic carbocycles. The summed E-state index contributed by atoms with van der Waals surface area (Å²) in [5.74, 6) is 0.321. The lowest BCUT2D eigenvalue weighted by atomic mass is 10.1. The number of carbonyl (C=O) groups is 1. The van der Waals surface area contributed by atoms with Crippen LogP contribution >= 0.6 is 34.4 Å². The number of carbonyl (C=O) groups excluding carboxylic acids is 1. The molecule has 10 heteroatoms. The van der Waals surface area contributed by atoms with E-state index >= 15 is 0 Å². The Morgan fingerprint density at radius 2 is 1.97 bits per heavy atom. The molecule has 0 saturated heterocycles. The van der Waals surface area contributed by atoms with Gasteiger partial charge in [0, 0.05) is 16.3 Å². The van der Waals surface area contributed by atoms with Gasteiger partial charge in [-0.2, -0.15) is 0 Å². The molecule has 0 aliphatic rings. The fourth-order valence-electron chi connectivity index (χ4n) is 2.79. The van der Waals surface area contributed by atoms with Crippen LogP contribution in [0.15, 0.2) is 44.7 Å².